The van der Waals surface area contributed by atoms with Crippen molar-refractivity contribution >= 4 is 8.58 Å². The zero-order chi connectivity index (χ0) is 19.9. The Balaban J connectivity index is 1.67. The molecule has 3 heteroatoms. The second-order valence-corrected chi connectivity index (χ2v) is 10.5. The van der Waals surface area contributed by atoms with E-state index in [4.69, 9.17) is 9.47 Å². The fourth-order valence-corrected chi connectivity index (χ4v) is 3.93. The molecule has 0 saturated heterocycles. The van der Waals surface area contributed by atoms with E-state index in [1.807, 2.05) is 0 Å². The third kappa shape index (κ3) is 9.29. The lowest BCUT2D eigenvalue weighted by molar-refractivity contribution is 0.130. The Bertz CT molecular complexity index is 615. The highest BCUT2D eigenvalue weighted by molar-refractivity contribution is 7.37. The van der Waals surface area contributed by atoms with Crippen molar-refractivity contribution in [3.63, 3.8) is 0 Å². The van der Waals surface area contributed by atoms with Gasteiger partial charge >= 0.3 is 0 Å². The lowest BCUT2D eigenvalue weighted by Crippen LogP contribution is -2.22. The first-order valence-electron chi connectivity index (χ1n) is 9.87. The van der Waals surface area contributed by atoms with Gasteiger partial charge in [0.25, 0.3) is 0 Å². The van der Waals surface area contributed by atoms with E-state index >= 15 is 0 Å². The standard InChI is InChI=1S/C24H35O2P/c1-23(2,3)25-21-11-7-19(8-12-21)15-17-27-18-16-20-9-13-22(14-10-20)26-24(4,5)6/h7-14,27H,15-18H2,1-6H3. The average molecular weight is 387 g/mol. The van der Waals surface area contributed by atoms with Crippen molar-refractivity contribution in [3.8, 4) is 11.5 Å². The molecule has 0 spiro atoms. The summed E-state index contributed by atoms with van der Waals surface area (Å²) in [7, 11) is 0.998. The fraction of sp³-hybridized carbons (Fsp3) is 0.500. The van der Waals surface area contributed by atoms with E-state index in [-0.39, 0.29) is 11.2 Å². The van der Waals surface area contributed by atoms with Gasteiger partial charge in [-0.3, -0.25) is 0 Å². The number of ether oxygens (including phenoxy) is 2. The van der Waals surface area contributed by atoms with Crippen LogP contribution in [0.5, 0.6) is 11.5 Å². The van der Waals surface area contributed by atoms with Gasteiger partial charge in [-0.15, -0.1) is 8.58 Å². The minimum absolute atomic E-state index is 0.139. The molecule has 0 aromatic heterocycles. The van der Waals surface area contributed by atoms with Crippen LogP contribution in [0.1, 0.15) is 52.7 Å². The molecule has 27 heavy (non-hydrogen) atoms. The molecule has 0 aliphatic carbocycles. The van der Waals surface area contributed by atoms with Crippen molar-refractivity contribution in [1.82, 2.24) is 0 Å². The van der Waals surface area contributed by atoms with Crippen LogP contribution in [-0.2, 0) is 12.8 Å². The summed E-state index contributed by atoms with van der Waals surface area (Å²) in [4.78, 5) is 0. The maximum atomic E-state index is 5.88. The first-order valence-corrected chi connectivity index (χ1v) is 11.3. The van der Waals surface area contributed by atoms with Gasteiger partial charge in [-0.05, 0) is 102 Å². The van der Waals surface area contributed by atoms with Crippen molar-refractivity contribution in [3.05, 3.63) is 59.7 Å². The minimum Gasteiger partial charge on any atom is -0.488 e. The second kappa shape index (κ2) is 9.60. The molecule has 2 aromatic rings. The molecule has 2 aromatic carbocycles. The Morgan fingerprint density at radius 3 is 1.22 bits per heavy atom. The van der Waals surface area contributed by atoms with Gasteiger partial charge in [0.2, 0.25) is 0 Å². The van der Waals surface area contributed by atoms with E-state index in [0.29, 0.717) is 0 Å². The first-order chi connectivity index (χ1) is 12.6. The van der Waals surface area contributed by atoms with Crippen molar-refractivity contribution in [2.75, 3.05) is 12.3 Å². The SMILES string of the molecule is CC(C)(C)Oc1ccc(CCPCCc2ccc(OC(C)(C)C)cc2)cc1. The van der Waals surface area contributed by atoms with Crippen LogP contribution in [0, 0.1) is 0 Å². The summed E-state index contributed by atoms with van der Waals surface area (Å²) in [6.07, 6.45) is 4.80. The van der Waals surface area contributed by atoms with Gasteiger partial charge in [-0.25, -0.2) is 0 Å². The summed E-state index contributed by atoms with van der Waals surface area (Å²) in [5.74, 6) is 1.90. The molecule has 0 aliphatic heterocycles. The zero-order valence-electron chi connectivity index (χ0n) is 17.8. The summed E-state index contributed by atoms with van der Waals surface area (Å²) < 4.78 is 11.8. The smallest absolute Gasteiger partial charge is 0.120 e. The third-order valence-corrected chi connectivity index (χ3v) is 5.08. The lowest BCUT2D eigenvalue weighted by atomic mass is 10.1. The Labute approximate surface area is 167 Å². The minimum atomic E-state index is -0.139. The predicted octanol–water partition coefficient (Wildman–Crippen LogP) is 6.50. The number of rotatable bonds is 8. The van der Waals surface area contributed by atoms with E-state index in [0.717, 1.165) is 32.9 Å². The highest BCUT2D eigenvalue weighted by Crippen LogP contribution is 2.22. The monoisotopic (exact) mass is 386 g/mol. The van der Waals surface area contributed by atoms with Crippen LogP contribution >= 0.6 is 8.58 Å². The van der Waals surface area contributed by atoms with Crippen LogP contribution in [0.25, 0.3) is 0 Å². The summed E-state index contributed by atoms with van der Waals surface area (Å²) in [6, 6.07) is 17.1. The lowest BCUT2D eigenvalue weighted by Gasteiger charge is -2.21. The molecule has 0 radical (unpaired) electrons. The second-order valence-electron chi connectivity index (χ2n) is 8.97. The predicted molar refractivity (Wildman–Crippen MR) is 119 cm³/mol. The normalized spacial score (nSPS) is 12.1. The van der Waals surface area contributed by atoms with Gasteiger partial charge in [-0.1, -0.05) is 24.3 Å². The molecule has 148 valence electrons. The van der Waals surface area contributed by atoms with Crippen molar-refractivity contribution < 1.29 is 9.47 Å². The Hall–Kier alpha value is -1.53. The molecular formula is C24H35O2P. The molecule has 0 heterocycles. The van der Waals surface area contributed by atoms with Gasteiger partial charge in [-0.2, -0.15) is 0 Å². The maximum Gasteiger partial charge on any atom is 0.120 e. The summed E-state index contributed by atoms with van der Waals surface area (Å²) in [5.41, 5.74) is 2.51. The summed E-state index contributed by atoms with van der Waals surface area (Å²) in [6.45, 7) is 12.5. The Kier molecular flexibility index (Phi) is 7.74. The molecule has 2 rings (SSSR count). The van der Waals surface area contributed by atoms with E-state index in [1.165, 1.54) is 23.5 Å². The van der Waals surface area contributed by atoms with Crippen LogP contribution in [0.4, 0.5) is 0 Å². The van der Waals surface area contributed by atoms with Crippen molar-refractivity contribution in [2.24, 2.45) is 0 Å². The van der Waals surface area contributed by atoms with Gasteiger partial charge < -0.3 is 9.47 Å². The number of benzene rings is 2. The van der Waals surface area contributed by atoms with E-state index in [9.17, 15) is 0 Å². The first kappa shape index (κ1) is 21.8. The largest absolute Gasteiger partial charge is 0.488 e. The highest BCUT2D eigenvalue weighted by Gasteiger charge is 2.12. The number of hydrogen-bond acceptors (Lipinski definition) is 2. The molecule has 0 aliphatic rings. The third-order valence-electron chi connectivity index (χ3n) is 3.88. The molecule has 0 bridgehead atoms. The van der Waals surface area contributed by atoms with E-state index in [1.54, 1.807) is 0 Å². The number of aryl methyl sites for hydroxylation is 2. The zero-order valence-corrected chi connectivity index (χ0v) is 18.8. The molecule has 0 N–H and O–H groups in total. The van der Waals surface area contributed by atoms with Gasteiger partial charge in [0, 0.05) is 0 Å². The van der Waals surface area contributed by atoms with Crippen LogP contribution in [0.15, 0.2) is 48.5 Å². The molecule has 0 unspecified atom stereocenters. The van der Waals surface area contributed by atoms with Crippen LogP contribution in [-0.4, -0.2) is 23.5 Å². The molecule has 0 amide bonds. The van der Waals surface area contributed by atoms with Gasteiger partial charge in [0.15, 0.2) is 0 Å². The van der Waals surface area contributed by atoms with Crippen molar-refractivity contribution in [2.45, 2.75) is 65.6 Å². The topological polar surface area (TPSA) is 18.5 Å². The van der Waals surface area contributed by atoms with E-state index < -0.39 is 0 Å². The van der Waals surface area contributed by atoms with Crippen LogP contribution in [0.2, 0.25) is 0 Å². The summed E-state index contributed by atoms with van der Waals surface area (Å²) in [5, 5.41) is 0. The molecule has 0 fully saturated rings. The summed E-state index contributed by atoms with van der Waals surface area (Å²) >= 11 is 0. The molecular weight excluding hydrogens is 351 g/mol. The maximum absolute atomic E-state index is 5.88. The van der Waals surface area contributed by atoms with Crippen molar-refractivity contribution in [1.29, 1.82) is 0 Å². The molecule has 0 atom stereocenters. The van der Waals surface area contributed by atoms with Crippen LogP contribution in [0.3, 0.4) is 0 Å². The van der Waals surface area contributed by atoms with Crippen LogP contribution < -0.4 is 9.47 Å². The quantitative estimate of drug-likeness (QED) is 0.380. The highest BCUT2D eigenvalue weighted by atomic mass is 31.1. The average Bonchev–Trinajstić information content (AvgIpc) is 2.55. The van der Waals surface area contributed by atoms with E-state index in [2.05, 4.69) is 90.1 Å². The van der Waals surface area contributed by atoms with Gasteiger partial charge in [0.1, 0.15) is 22.7 Å². The molecule has 2 nitrogen and oxygen atoms in total. The van der Waals surface area contributed by atoms with Gasteiger partial charge in [0.05, 0.1) is 0 Å². The number of hydrogen-bond donors (Lipinski definition) is 0. The Morgan fingerprint density at radius 1 is 0.593 bits per heavy atom. The molecule has 0 saturated carbocycles. The Morgan fingerprint density at radius 2 is 0.926 bits per heavy atom. The fourth-order valence-electron chi connectivity index (χ4n) is 2.75.